The minimum atomic E-state index is 0.0244. The molecule has 0 bridgehead atoms. The molecule has 4 heteroatoms. The molecule has 1 aromatic heterocycles. The Kier molecular flexibility index (Phi) is 3.07. The number of hydrogen-bond donors (Lipinski definition) is 1. The lowest BCUT2D eigenvalue weighted by molar-refractivity contribution is 0.0721. The van der Waals surface area contributed by atoms with Gasteiger partial charge in [0, 0.05) is 18.8 Å². The third kappa shape index (κ3) is 2.06. The molecular weight excluding hydrogens is 190 g/mol. The average molecular weight is 209 g/mol. The summed E-state index contributed by atoms with van der Waals surface area (Å²) in [4.78, 5) is 4.16. The van der Waals surface area contributed by atoms with Gasteiger partial charge in [0.1, 0.15) is 0 Å². The zero-order valence-electron chi connectivity index (χ0n) is 9.39. The van der Waals surface area contributed by atoms with Crippen LogP contribution in [0.2, 0.25) is 0 Å². The highest BCUT2D eigenvalue weighted by molar-refractivity contribution is 5.05. The molecular formula is C11H19N3O. The lowest BCUT2D eigenvalue weighted by atomic mass is 10.1. The van der Waals surface area contributed by atoms with Crippen molar-refractivity contribution in [3.63, 3.8) is 0 Å². The van der Waals surface area contributed by atoms with E-state index in [0.717, 1.165) is 25.1 Å². The van der Waals surface area contributed by atoms with Crippen LogP contribution in [0.4, 0.5) is 0 Å². The smallest absolute Gasteiger partial charge is 0.0952 e. The predicted octanol–water partition coefficient (Wildman–Crippen LogP) is 1.64. The van der Waals surface area contributed by atoms with Crippen LogP contribution in [-0.2, 0) is 4.74 Å². The van der Waals surface area contributed by atoms with Gasteiger partial charge in [0.25, 0.3) is 0 Å². The molecule has 4 nitrogen and oxygen atoms in total. The van der Waals surface area contributed by atoms with Gasteiger partial charge in [-0.25, -0.2) is 4.98 Å². The molecule has 1 aliphatic heterocycles. The Labute approximate surface area is 90.4 Å². The Balaban J connectivity index is 2.16. The van der Waals surface area contributed by atoms with Crippen LogP contribution < -0.4 is 5.73 Å². The van der Waals surface area contributed by atoms with Gasteiger partial charge in [-0.1, -0.05) is 0 Å². The minimum absolute atomic E-state index is 0.0244. The zero-order chi connectivity index (χ0) is 10.8. The topological polar surface area (TPSA) is 53.1 Å². The van der Waals surface area contributed by atoms with Gasteiger partial charge in [-0.15, -0.1) is 0 Å². The van der Waals surface area contributed by atoms with Gasteiger partial charge in [-0.3, -0.25) is 0 Å². The van der Waals surface area contributed by atoms with E-state index >= 15 is 0 Å². The molecule has 15 heavy (non-hydrogen) atoms. The van der Waals surface area contributed by atoms with E-state index in [2.05, 4.69) is 16.5 Å². The summed E-state index contributed by atoms with van der Waals surface area (Å²) in [6, 6.07) is 0.354. The number of hydrogen-bond acceptors (Lipinski definition) is 3. The summed E-state index contributed by atoms with van der Waals surface area (Å²) in [7, 11) is 0. The maximum atomic E-state index is 5.89. The summed E-state index contributed by atoms with van der Waals surface area (Å²) in [6.45, 7) is 5.04. The van der Waals surface area contributed by atoms with Crippen molar-refractivity contribution in [1.29, 1.82) is 0 Å². The number of aromatic nitrogens is 2. The Morgan fingerprint density at radius 1 is 1.60 bits per heavy atom. The summed E-state index contributed by atoms with van der Waals surface area (Å²) < 4.78 is 7.82. The van der Waals surface area contributed by atoms with Crippen LogP contribution in [0.15, 0.2) is 12.5 Å². The molecule has 1 aromatic rings. The fourth-order valence-corrected chi connectivity index (χ4v) is 2.17. The van der Waals surface area contributed by atoms with E-state index in [1.165, 1.54) is 0 Å². The number of nitrogens with two attached hydrogens (primary N) is 1. The monoisotopic (exact) mass is 209 g/mol. The van der Waals surface area contributed by atoms with Gasteiger partial charge in [0.05, 0.1) is 24.2 Å². The van der Waals surface area contributed by atoms with Gasteiger partial charge in [-0.05, 0) is 26.7 Å². The van der Waals surface area contributed by atoms with Crippen molar-refractivity contribution in [3.8, 4) is 0 Å². The number of imidazole rings is 1. The lowest BCUT2D eigenvalue weighted by Crippen LogP contribution is -2.23. The molecule has 0 radical (unpaired) electrons. The molecule has 0 aromatic carbocycles. The molecule has 84 valence electrons. The van der Waals surface area contributed by atoms with Crippen LogP contribution in [-0.4, -0.2) is 22.3 Å². The largest absolute Gasteiger partial charge is 0.376 e. The highest BCUT2D eigenvalue weighted by Gasteiger charge is 2.25. The molecule has 3 atom stereocenters. The predicted molar refractivity (Wildman–Crippen MR) is 58.5 cm³/mol. The number of nitrogens with zero attached hydrogens (tertiary/aromatic N) is 2. The van der Waals surface area contributed by atoms with E-state index in [9.17, 15) is 0 Å². The maximum Gasteiger partial charge on any atom is 0.0952 e. The third-order valence-electron chi connectivity index (χ3n) is 3.10. The first-order valence-corrected chi connectivity index (χ1v) is 5.59. The first-order valence-electron chi connectivity index (χ1n) is 5.59. The Bertz CT molecular complexity index is 315. The quantitative estimate of drug-likeness (QED) is 0.823. The molecule has 2 unspecified atom stereocenters. The standard InChI is InChI=1S/C11H19N3O/c1-8(12)10-6-13-7-14(10)9(2)11-4-3-5-15-11/h6-9,11H,3-5,12H2,1-2H3/t8-,9?,11?/m1/s1. The molecule has 2 N–H and O–H groups in total. The molecule has 0 aliphatic carbocycles. The van der Waals surface area contributed by atoms with Gasteiger partial charge in [0.15, 0.2) is 0 Å². The van der Waals surface area contributed by atoms with Crippen molar-refractivity contribution in [2.75, 3.05) is 6.61 Å². The van der Waals surface area contributed by atoms with E-state index < -0.39 is 0 Å². The first kappa shape index (κ1) is 10.6. The Morgan fingerprint density at radius 2 is 2.40 bits per heavy atom. The zero-order valence-corrected chi connectivity index (χ0v) is 9.39. The number of ether oxygens (including phenoxy) is 1. The van der Waals surface area contributed by atoms with Crippen molar-refractivity contribution >= 4 is 0 Å². The average Bonchev–Trinajstić information content (AvgIpc) is 2.88. The second-order valence-corrected chi connectivity index (χ2v) is 4.31. The normalized spacial score (nSPS) is 25.4. The van der Waals surface area contributed by atoms with Gasteiger partial charge in [-0.2, -0.15) is 0 Å². The van der Waals surface area contributed by atoms with Crippen LogP contribution in [0, 0.1) is 0 Å². The van der Waals surface area contributed by atoms with Gasteiger partial charge < -0.3 is 15.0 Å². The van der Waals surface area contributed by atoms with E-state index in [4.69, 9.17) is 10.5 Å². The second kappa shape index (κ2) is 4.33. The van der Waals surface area contributed by atoms with E-state index in [-0.39, 0.29) is 6.04 Å². The molecule has 2 rings (SSSR count). The van der Waals surface area contributed by atoms with Crippen molar-refractivity contribution < 1.29 is 4.74 Å². The maximum absolute atomic E-state index is 5.89. The molecule has 2 heterocycles. The van der Waals surface area contributed by atoms with Gasteiger partial charge >= 0.3 is 0 Å². The molecule has 1 aliphatic rings. The fourth-order valence-electron chi connectivity index (χ4n) is 2.17. The first-order chi connectivity index (χ1) is 7.20. The Morgan fingerprint density at radius 3 is 3.00 bits per heavy atom. The summed E-state index contributed by atoms with van der Waals surface area (Å²) in [5.41, 5.74) is 6.98. The van der Waals surface area contributed by atoms with Crippen molar-refractivity contribution in [1.82, 2.24) is 9.55 Å². The molecule has 0 saturated carbocycles. The van der Waals surface area contributed by atoms with Crippen LogP contribution in [0.25, 0.3) is 0 Å². The number of rotatable bonds is 3. The minimum Gasteiger partial charge on any atom is -0.376 e. The van der Waals surface area contributed by atoms with Crippen molar-refractivity contribution in [2.45, 2.75) is 44.9 Å². The van der Waals surface area contributed by atoms with Crippen molar-refractivity contribution in [3.05, 3.63) is 18.2 Å². The van der Waals surface area contributed by atoms with Crippen LogP contribution in [0.5, 0.6) is 0 Å². The van der Waals surface area contributed by atoms with Crippen LogP contribution >= 0.6 is 0 Å². The fraction of sp³-hybridized carbons (Fsp3) is 0.727. The van der Waals surface area contributed by atoms with E-state index in [1.807, 2.05) is 19.4 Å². The van der Waals surface area contributed by atoms with Crippen LogP contribution in [0.1, 0.15) is 44.5 Å². The molecule has 1 saturated heterocycles. The highest BCUT2D eigenvalue weighted by atomic mass is 16.5. The third-order valence-corrected chi connectivity index (χ3v) is 3.10. The van der Waals surface area contributed by atoms with E-state index in [0.29, 0.717) is 12.1 Å². The van der Waals surface area contributed by atoms with Crippen molar-refractivity contribution in [2.24, 2.45) is 5.73 Å². The van der Waals surface area contributed by atoms with Gasteiger partial charge in [0.2, 0.25) is 0 Å². The summed E-state index contributed by atoms with van der Waals surface area (Å²) >= 11 is 0. The lowest BCUT2D eigenvalue weighted by Gasteiger charge is -2.23. The molecule has 0 amide bonds. The van der Waals surface area contributed by atoms with E-state index in [1.54, 1.807) is 0 Å². The van der Waals surface area contributed by atoms with Crippen LogP contribution in [0.3, 0.4) is 0 Å². The summed E-state index contributed by atoms with van der Waals surface area (Å²) in [6.07, 6.45) is 6.31. The highest BCUT2D eigenvalue weighted by Crippen LogP contribution is 2.26. The molecule has 0 spiro atoms. The molecule has 1 fully saturated rings. The second-order valence-electron chi connectivity index (χ2n) is 4.31. The Hall–Kier alpha value is -0.870. The SMILES string of the molecule is CC(C1CCCO1)n1cncc1[C@@H](C)N. The summed E-state index contributed by atoms with van der Waals surface area (Å²) in [5.74, 6) is 0. The summed E-state index contributed by atoms with van der Waals surface area (Å²) in [5, 5.41) is 0.